The Balaban J connectivity index is 3.09. The van der Waals surface area contributed by atoms with Crippen molar-refractivity contribution in [2.24, 2.45) is 0 Å². The molecule has 1 N–H and O–H groups in total. The molecule has 0 bridgehead atoms. The highest BCUT2D eigenvalue weighted by Crippen LogP contribution is 2.15. The molecule has 0 amide bonds. The van der Waals surface area contributed by atoms with Gasteiger partial charge in [-0.05, 0) is 12.1 Å². The fraction of sp³-hybridized carbons (Fsp3) is 0.167. The number of hydrogen-bond donors (Lipinski definition) is 1. The summed E-state index contributed by atoms with van der Waals surface area (Å²) < 4.78 is 0. The number of pyridine rings is 1. The molecular weight excluding hydrogens is 173 g/mol. The first kappa shape index (κ1) is 7.79. The van der Waals surface area contributed by atoms with Crippen molar-refractivity contribution in [1.29, 1.82) is 0 Å². The molecule has 0 saturated heterocycles. The molecule has 1 aromatic heterocycles. The summed E-state index contributed by atoms with van der Waals surface area (Å²) in [5.41, 5.74) is 0.411. The maximum atomic E-state index is 8.64. The number of halogens is 2. The van der Waals surface area contributed by atoms with E-state index in [1.54, 1.807) is 12.1 Å². The van der Waals surface area contributed by atoms with Crippen molar-refractivity contribution in [3.8, 4) is 0 Å². The molecule has 0 aromatic carbocycles. The minimum Gasteiger partial charge on any atom is -0.390 e. The van der Waals surface area contributed by atoms with E-state index in [0.29, 0.717) is 15.9 Å². The van der Waals surface area contributed by atoms with E-state index in [1.165, 1.54) is 0 Å². The van der Waals surface area contributed by atoms with Gasteiger partial charge in [0, 0.05) is 0 Å². The van der Waals surface area contributed by atoms with Gasteiger partial charge >= 0.3 is 0 Å². The average Bonchev–Trinajstić information content (AvgIpc) is 1.94. The second kappa shape index (κ2) is 3.19. The molecule has 54 valence electrons. The van der Waals surface area contributed by atoms with E-state index in [9.17, 15) is 0 Å². The Labute approximate surface area is 68.4 Å². The molecule has 0 aliphatic heterocycles. The van der Waals surface area contributed by atoms with Gasteiger partial charge in [0.2, 0.25) is 0 Å². The number of nitrogens with zero attached hydrogens (tertiary/aromatic N) is 1. The van der Waals surface area contributed by atoms with E-state index >= 15 is 0 Å². The minimum atomic E-state index is -0.181. The third kappa shape index (κ3) is 1.59. The molecule has 1 heterocycles. The van der Waals surface area contributed by atoms with Crippen LogP contribution in [0.15, 0.2) is 12.1 Å². The number of aliphatic hydroxyl groups is 1. The van der Waals surface area contributed by atoms with Crippen molar-refractivity contribution >= 4 is 23.2 Å². The first-order valence-corrected chi connectivity index (χ1v) is 3.41. The maximum Gasteiger partial charge on any atom is 0.129 e. The summed E-state index contributed by atoms with van der Waals surface area (Å²) in [6.45, 7) is -0.181. The SMILES string of the molecule is OCc1nc(Cl)ccc1Cl. The molecule has 10 heavy (non-hydrogen) atoms. The highest BCUT2D eigenvalue weighted by Gasteiger charge is 1.99. The van der Waals surface area contributed by atoms with Crippen LogP contribution >= 0.6 is 23.2 Å². The summed E-state index contributed by atoms with van der Waals surface area (Å²) in [5, 5.41) is 9.42. The second-order valence-electron chi connectivity index (χ2n) is 1.72. The van der Waals surface area contributed by atoms with Crippen molar-refractivity contribution in [3.05, 3.63) is 28.0 Å². The van der Waals surface area contributed by atoms with Crippen molar-refractivity contribution in [3.63, 3.8) is 0 Å². The molecule has 1 rings (SSSR count). The van der Waals surface area contributed by atoms with Crippen LogP contribution in [0.5, 0.6) is 0 Å². The lowest BCUT2D eigenvalue weighted by Crippen LogP contribution is -1.89. The van der Waals surface area contributed by atoms with Crippen LogP contribution in [0.3, 0.4) is 0 Å². The minimum absolute atomic E-state index is 0.181. The standard InChI is InChI=1S/C6H5Cl2NO/c7-4-1-2-6(8)9-5(4)3-10/h1-2,10H,3H2. The molecule has 0 radical (unpaired) electrons. The van der Waals surface area contributed by atoms with Gasteiger partial charge in [0.25, 0.3) is 0 Å². The normalized spacial score (nSPS) is 9.90. The van der Waals surface area contributed by atoms with Gasteiger partial charge in [-0.1, -0.05) is 23.2 Å². The first-order valence-electron chi connectivity index (χ1n) is 2.66. The van der Waals surface area contributed by atoms with Crippen molar-refractivity contribution in [2.45, 2.75) is 6.61 Å². The first-order chi connectivity index (χ1) is 4.74. The molecule has 0 aliphatic carbocycles. The summed E-state index contributed by atoms with van der Waals surface area (Å²) in [6.07, 6.45) is 0. The van der Waals surface area contributed by atoms with E-state index in [2.05, 4.69) is 4.98 Å². The third-order valence-electron chi connectivity index (χ3n) is 1.03. The lowest BCUT2D eigenvalue weighted by molar-refractivity contribution is 0.277. The summed E-state index contributed by atoms with van der Waals surface area (Å²) in [6, 6.07) is 3.17. The monoisotopic (exact) mass is 177 g/mol. The van der Waals surface area contributed by atoms with Crippen LogP contribution in [-0.2, 0) is 6.61 Å². The Morgan fingerprint density at radius 2 is 2.10 bits per heavy atom. The summed E-state index contributed by atoms with van der Waals surface area (Å²) in [4.78, 5) is 3.77. The molecule has 0 unspecified atom stereocenters. The molecule has 0 saturated carbocycles. The van der Waals surface area contributed by atoms with Gasteiger partial charge in [-0.3, -0.25) is 0 Å². The molecule has 0 aliphatic rings. The van der Waals surface area contributed by atoms with Crippen molar-refractivity contribution in [2.75, 3.05) is 0 Å². The largest absolute Gasteiger partial charge is 0.390 e. The summed E-state index contributed by atoms with van der Waals surface area (Å²) in [5.74, 6) is 0. The van der Waals surface area contributed by atoms with E-state index in [1.807, 2.05) is 0 Å². The van der Waals surface area contributed by atoms with Gasteiger partial charge in [0.15, 0.2) is 0 Å². The Kier molecular flexibility index (Phi) is 2.49. The molecule has 1 aromatic rings. The van der Waals surface area contributed by atoms with Gasteiger partial charge in [0.1, 0.15) is 5.15 Å². The third-order valence-corrected chi connectivity index (χ3v) is 1.59. The van der Waals surface area contributed by atoms with E-state index in [0.717, 1.165) is 0 Å². The summed E-state index contributed by atoms with van der Waals surface area (Å²) in [7, 11) is 0. The molecule has 0 atom stereocenters. The number of aromatic nitrogens is 1. The van der Waals surface area contributed by atoms with Crippen LogP contribution in [0, 0.1) is 0 Å². The fourth-order valence-corrected chi connectivity index (χ4v) is 0.899. The second-order valence-corrected chi connectivity index (χ2v) is 2.52. The quantitative estimate of drug-likeness (QED) is 0.666. The molecule has 0 spiro atoms. The Bertz CT molecular complexity index is 239. The summed E-state index contributed by atoms with van der Waals surface area (Å²) >= 11 is 11.1. The molecule has 0 fully saturated rings. The zero-order valence-electron chi connectivity index (χ0n) is 5.01. The highest BCUT2D eigenvalue weighted by molar-refractivity contribution is 6.32. The molecule has 2 nitrogen and oxygen atoms in total. The van der Waals surface area contributed by atoms with Crippen LogP contribution in [0.2, 0.25) is 10.2 Å². The molecule has 4 heteroatoms. The zero-order valence-corrected chi connectivity index (χ0v) is 6.52. The maximum absolute atomic E-state index is 8.64. The number of hydrogen-bond acceptors (Lipinski definition) is 2. The van der Waals surface area contributed by atoms with Crippen LogP contribution in [0.4, 0.5) is 0 Å². The van der Waals surface area contributed by atoms with E-state index in [4.69, 9.17) is 28.3 Å². The van der Waals surface area contributed by atoms with Crippen LogP contribution in [0.1, 0.15) is 5.69 Å². The Morgan fingerprint density at radius 3 is 2.60 bits per heavy atom. The van der Waals surface area contributed by atoms with Gasteiger partial charge < -0.3 is 5.11 Å². The number of aliphatic hydroxyl groups excluding tert-OH is 1. The number of rotatable bonds is 1. The van der Waals surface area contributed by atoms with Gasteiger partial charge in [0.05, 0.1) is 17.3 Å². The predicted molar refractivity (Wildman–Crippen MR) is 40.2 cm³/mol. The van der Waals surface area contributed by atoms with Crippen molar-refractivity contribution in [1.82, 2.24) is 4.98 Å². The Hall–Kier alpha value is -0.310. The van der Waals surface area contributed by atoms with Crippen molar-refractivity contribution < 1.29 is 5.11 Å². The highest BCUT2D eigenvalue weighted by atomic mass is 35.5. The lowest BCUT2D eigenvalue weighted by Gasteiger charge is -1.97. The van der Waals surface area contributed by atoms with Crippen LogP contribution in [-0.4, -0.2) is 10.1 Å². The van der Waals surface area contributed by atoms with E-state index < -0.39 is 0 Å². The topological polar surface area (TPSA) is 33.1 Å². The van der Waals surface area contributed by atoms with E-state index in [-0.39, 0.29) is 6.61 Å². The van der Waals surface area contributed by atoms with Crippen LogP contribution in [0.25, 0.3) is 0 Å². The molecular formula is C6H5Cl2NO. The predicted octanol–water partition coefficient (Wildman–Crippen LogP) is 1.88. The average molecular weight is 178 g/mol. The lowest BCUT2D eigenvalue weighted by atomic mass is 10.4. The van der Waals surface area contributed by atoms with Gasteiger partial charge in [-0.2, -0.15) is 0 Å². The van der Waals surface area contributed by atoms with Gasteiger partial charge in [-0.25, -0.2) is 4.98 Å². The smallest absolute Gasteiger partial charge is 0.129 e. The Morgan fingerprint density at radius 1 is 1.40 bits per heavy atom. The van der Waals surface area contributed by atoms with Crippen LogP contribution < -0.4 is 0 Å². The zero-order chi connectivity index (χ0) is 7.56. The fourth-order valence-electron chi connectivity index (χ4n) is 0.569. The van der Waals surface area contributed by atoms with Gasteiger partial charge in [-0.15, -0.1) is 0 Å².